The van der Waals surface area contributed by atoms with E-state index in [9.17, 15) is 22.8 Å². The maximum absolute atomic E-state index is 13.8. The Morgan fingerprint density at radius 3 is 2.39 bits per heavy atom. The number of amides is 2. The molecule has 2 aromatic carbocycles. The van der Waals surface area contributed by atoms with E-state index in [4.69, 9.17) is 4.74 Å². The molecule has 2 N–H and O–H groups in total. The lowest BCUT2D eigenvalue weighted by Gasteiger charge is -2.22. The molecule has 2 rings (SSSR count). The van der Waals surface area contributed by atoms with Gasteiger partial charge in [-0.05, 0) is 42.2 Å². The Labute approximate surface area is 178 Å². The van der Waals surface area contributed by atoms with E-state index >= 15 is 0 Å². The maximum Gasteiger partial charge on any atom is 0.387 e. The number of alkyl halides is 2. The molecule has 0 spiro atoms. The summed E-state index contributed by atoms with van der Waals surface area (Å²) >= 11 is 0. The number of benzene rings is 2. The lowest BCUT2D eigenvalue weighted by Crippen LogP contribution is -2.50. The summed E-state index contributed by atoms with van der Waals surface area (Å²) in [7, 11) is 1.34. The zero-order chi connectivity index (χ0) is 23.0. The van der Waals surface area contributed by atoms with Crippen molar-refractivity contribution in [3.63, 3.8) is 0 Å². The molecule has 9 heteroatoms. The van der Waals surface area contributed by atoms with Gasteiger partial charge in [-0.3, -0.25) is 9.59 Å². The quantitative estimate of drug-likeness (QED) is 0.595. The van der Waals surface area contributed by atoms with Crippen LogP contribution in [0.15, 0.2) is 42.5 Å². The smallest absolute Gasteiger partial charge is 0.387 e. The monoisotopic (exact) mass is 438 g/mol. The molecule has 0 aliphatic heterocycles. The Morgan fingerprint density at radius 1 is 1.06 bits per heavy atom. The van der Waals surface area contributed by atoms with Gasteiger partial charge in [0.15, 0.2) is 11.5 Å². The van der Waals surface area contributed by atoms with Crippen LogP contribution in [0, 0.1) is 11.7 Å². The molecule has 1 unspecified atom stereocenters. The molecule has 1 atom stereocenters. The third kappa shape index (κ3) is 6.91. The van der Waals surface area contributed by atoms with Crippen molar-refractivity contribution in [1.29, 1.82) is 0 Å². The van der Waals surface area contributed by atoms with E-state index in [0.29, 0.717) is 12.0 Å². The Bertz CT molecular complexity index is 906. The van der Waals surface area contributed by atoms with Crippen LogP contribution in [0.4, 0.5) is 13.2 Å². The summed E-state index contributed by atoms with van der Waals surface area (Å²) in [6.45, 7) is 0.707. The molecule has 0 bridgehead atoms. The fraction of sp³-hybridized carbons (Fsp3) is 0.364. The molecule has 31 heavy (non-hydrogen) atoms. The Kier molecular flexibility index (Phi) is 8.72. The Hall–Kier alpha value is -3.23. The van der Waals surface area contributed by atoms with Gasteiger partial charge in [-0.2, -0.15) is 8.78 Å². The molecule has 2 amide bonds. The van der Waals surface area contributed by atoms with Gasteiger partial charge in [-0.25, -0.2) is 4.39 Å². The van der Waals surface area contributed by atoms with E-state index in [1.54, 1.807) is 19.9 Å². The van der Waals surface area contributed by atoms with E-state index in [1.165, 1.54) is 43.5 Å². The van der Waals surface area contributed by atoms with Crippen molar-refractivity contribution in [2.45, 2.75) is 32.9 Å². The van der Waals surface area contributed by atoms with E-state index in [-0.39, 0.29) is 29.5 Å². The van der Waals surface area contributed by atoms with Gasteiger partial charge < -0.3 is 20.1 Å². The lowest BCUT2D eigenvalue weighted by molar-refractivity contribution is -0.123. The van der Waals surface area contributed by atoms with E-state index in [0.717, 1.165) is 0 Å². The lowest BCUT2D eigenvalue weighted by atomic mass is 10.0. The van der Waals surface area contributed by atoms with Crippen molar-refractivity contribution < 1.29 is 32.2 Å². The first kappa shape index (κ1) is 24.0. The molecule has 0 saturated carbocycles. The van der Waals surface area contributed by atoms with Gasteiger partial charge in [0.05, 0.1) is 12.7 Å². The zero-order valence-electron chi connectivity index (χ0n) is 17.5. The van der Waals surface area contributed by atoms with Gasteiger partial charge in [0.2, 0.25) is 5.91 Å². The van der Waals surface area contributed by atoms with Gasteiger partial charge in [0.1, 0.15) is 11.9 Å². The predicted octanol–water partition coefficient (Wildman–Crippen LogP) is 3.55. The minimum atomic E-state index is -2.99. The van der Waals surface area contributed by atoms with Crippen LogP contribution >= 0.6 is 0 Å². The van der Waals surface area contributed by atoms with Crippen molar-refractivity contribution in [2.75, 3.05) is 13.7 Å². The third-order valence-electron chi connectivity index (χ3n) is 4.51. The van der Waals surface area contributed by atoms with Crippen LogP contribution in [0.3, 0.4) is 0 Å². The SMILES string of the molecule is COc1ccc(CCNC(=O)C(NC(=O)c2ccccc2F)C(C)C)cc1OC(F)F. The maximum atomic E-state index is 13.8. The van der Waals surface area contributed by atoms with Crippen LogP contribution in [-0.2, 0) is 11.2 Å². The number of methoxy groups -OCH3 is 1. The molecule has 0 saturated heterocycles. The average molecular weight is 438 g/mol. The second-order valence-corrected chi connectivity index (χ2v) is 7.08. The molecule has 0 aliphatic carbocycles. The first-order valence-electron chi connectivity index (χ1n) is 9.67. The summed E-state index contributed by atoms with van der Waals surface area (Å²) in [5, 5.41) is 5.26. The number of carbonyl (C=O) groups is 2. The molecular formula is C22H25F3N2O4. The Balaban J connectivity index is 1.98. The second-order valence-electron chi connectivity index (χ2n) is 7.08. The van der Waals surface area contributed by atoms with Gasteiger partial charge >= 0.3 is 6.61 Å². The van der Waals surface area contributed by atoms with E-state index in [2.05, 4.69) is 15.4 Å². The number of hydrogen-bond acceptors (Lipinski definition) is 4. The van der Waals surface area contributed by atoms with Crippen molar-refractivity contribution in [2.24, 2.45) is 5.92 Å². The fourth-order valence-electron chi connectivity index (χ4n) is 2.90. The van der Waals surface area contributed by atoms with Crippen molar-refractivity contribution in [1.82, 2.24) is 10.6 Å². The number of hydrogen-bond donors (Lipinski definition) is 2. The summed E-state index contributed by atoms with van der Waals surface area (Å²) in [5.41, 5.74) is 0.499. The highest BCUT2D eigenvalue weighted by atomic mass is 19.3. The molecule has 6 nitrogen and oxygen atoms in total. The summed E-state index contributed by atoms with van der Waals surface area (Å²) in [4.78, 5) is 24.9. The summed E-state index contributed by atoms with van der Waals surface area (Å²) in [6, 6.07) is 9.21. The summed E-state index contributed by atoms with van der Waals surface area (Å²) in [6.07, 6.45) is 0.335. The van der Waals surface area contributed by atoms with Gasteiger partial charge in [-0.15, -0.1) is 0 Å². The molecule has 0 heterocycles. The van der Waals surface area contributed by atoms with Crippen LogP contribution in [0.5, 0.6) is 11.5 Å². The van der Waals surface area contributed by atoms with Gasteiger partial charge in [0, 0.05) is 6.54 Å². The topological polar surface area (TPSA) is 76.7 Å². The molecule has 0 aliphatic rings. The van der Waals surface area contributed by atoms with E-state index in [1.807, 2.05) is 0 Å². The van der Waals surface area contributed by atoms with Crippen LogP contribution in [-0.4, -0.2) is 38.1 Å². The minimum Gasteiger partial charge on any atom is -0.493 e. The number of ether oxygens (including phenoxy) is 2. The number of halogens is 3. The molecular weight excluding hydrogens is 413 g/mol. The number of carbonyl (C=O) groups excluding carboxylic acids is 2. The Morgan fingerprint density at radius 2 is 1.77 bits per heavy atom. The molecule has 0 fully saturated rings. The molecule has 168 valence electrons. The van der Waals surface area contributed by atoms with Crippen molar-refractivity contribution in [3.8, 4) is 11.5 Å². The van der Waals surface area contributed by atoms with Crippen LogP contribution in [0.2, 0.25) is 0 Å². The minimum absolute atomic E-state index is 0.0986. The highest BCUT2D eigenvalue weighted by Gasteiger charge is 2.25. The van der Waals surface area contributed by atoms with Crippen LogP contribution < -0.4 is 20.1 Å². The second kappa shape index (κ2) is 11.2. The fourth-order valence-corrected chi connectivity index (χ4v) is 2.90. The number of rotatable bonds is 10. The summed E-state index contributed by atoms with van der Waals surface area (Å²) in [5.74, 6) is -1.97. The third-order valence-corrected chi connectivity index (χ3v) is 4.51. The van der Waals surface area contributed by atoms with Gasteiger partial charge in [0.25, 0.3) is 5.91 Å². The standard InChI is InChI=1S/C22H25F3N2O4/c1-13(2)19(27-20(28)15-6-4-5-7-16(15)23)21(29)26-11-10-14-8-9-17(30-3)18(12-14)31-22(24)25/h4-9,12-13,19,22H,10-11H2,1-3H3,(H,26,29)(H,27,28). The van der Waals surface area contributed by atoms with Crippen molar-refractivity contribution >= 4 is 11.8 Å². The average Bonchev–Trinajstić information content (AvgIpc) is 2.71. The normalized spacial score (nSPS) is 11.9. The molecule has 0 radical (unpaired) electrons. The summed E-state index contributed by atoms with van der Waals surface area (Å²) < 4.78 is 48.4. The van der Waals surface area contributed by atoms with Crippen LogP contribution in [0.1, 0.15) is 29.8 Å². The largest absolute Gasteiger partial charge is 0.493 e. The highest BCUT2D eigenvalue weighted by Crippen LogP contribution is 2.29. The van der Waals surface area contributed by atoms with Crippen molar-refractivity contribution in [3.05, 3.63) is 59.4 Å². The highest BCUT2D eigenvalue weighted by molar-refractivity contribution is 5.97. The first-order valence-corrected chi connectivity index (χ1v) is 9.67. The zero-order valence-corrected chi connectivity index (χ0v) is 17.5. The molecule has 0 aromatic heterocycles. The van der Waals surface area contributed by atoms with E-state index < -0.39 is 30.3 Å². The predicted molar refractivity (Wildman–Crippen MR) is 109 cm³/mol. The van der Waals surface area contributed by atoms with Gasteiger partial charge in [-0.1, -0.05) is 32.0 Å². The number of nitrogens with one attached hydrogen (secondary N) is 2. The van der Waals surface area contributed by atoms with Crippen LogP contribution in [0.25, 0.3) is 0 Å². The molecule has 2 aromatic rings. The first-order chi connectivity index (χ1) is 14.7.